The minimum absolute atomic E-state index is 0.0333. The normalized spacial score (nSPS) is 34.2. The number of carbonyl (C=O) groups excluding carboxylic acids is 1. The number of ether oxygens (including phenoxy) is 3. The second-order valence-corrected chi connectivity index (χ2v) is 3.20. The van der Waals surface area contributed by atoms with Gasteiger partial charge in [0, 0.05) is 0 Å². The van der Waals surface area contributed by atoms with E-state index < -0.39 is 12.3 Å². The van der Waals surface area contributed by atoms with Gasteiger partial charge in [-0.05, 0) is 13.8 Å². The highest BCUT2D eigenvalue weighted by molar-refractivity contribution is 6.26. The van der Waals surface area contributed by atoms with Crippen LogP contribution in [0.4, 0.5) is 0 Å². The minimum Gasteiger partial charge on any atom is -0.432 e. The maximum absolute atomic E-state index is 10.8. The number of esters is 1. The zero-order chi connectivity index (χ0) is 9.84. The Labute approximate surface area is 82.1 Å². The van der Waals surface area contributed by atoms with E-state index in [1.165, 1.54) is 0 Å². The van der Waals surface area contributed by atoms with E-state index in [1.807, 2.05) is 13.8 Å². The van der Waals surface area contributed by atoms with E-state index in [1.54, 1.807) is 0 Å². The number of carbonyl (C=O) groups is 1. The van der Waals surface area contributed by atoms with Crippen molar-refractivity contribution in [3.05, 3.63) is 0 Å². The van der Waals surface area contributed by atoms with Crippen molar-refractivity contribution in [1.29, 1.82) is 0 Å². The standard InChI is InChI=1S/C8H13ClO4/c1-5-6(2)12-8(4-11-5)13-7(10)3-9/h5-6,8H,3-4H2,1-2H3/t5-,6+,8+/m0/s1. The third-order valence-electron chi connectivity index (χ3n) is 1.89. The monoisotopic (exact) mass is 208 g/mol. The van der Waals surface area contributed by atoms with Gasteiger partial charge in [0.15, 0.2) is 0 Å². The van der Waals surface area contributed by atoms with Gasteiger partial charge in [-0.3, -0.25) is 4.79 Å². The Morgan fingerprint density at radius 1 is 1.54 bits per heavy atom. The van der Waals surface area contributed by atoms with E-state index in [0.29, 0.717) is 0 Å². The van der Waals surface area contributed by atoms with Crippen LogP contribution in [0, 0.1) is 0 Å². The summed E-state index contributed by atoms with van der Waals surface area (Å²) in [7, 11) is 0. The highest BCUT2D eigenvalue weighted by Gasteiger charge is 2.27. The molecule has 1 saturated heterocycles. The minimum atomic E-state index is -0.613. The lowest BCUT2D eigenvalue weighted by Gasteiger charge is -2.32. The summed E-state index contributed by atoms with van der Waals surface area (Å²) in [4.78, 5) is 10.8. The molecule has 0 aromatic rings. The van der Waals surface area contributed by atoms with E-state index in [-0.39, 0.29) is 24.7 Å². The van der Waals surface area contributed by atoms with Gasteiger partial charge >= 0.3 is 5.97 Å². The van der Waals surface area contributed by atoms with Crippen LogP contribution in [0.3, 0.4) is 0 Å². The average Bonchev–Trinajstić information content (AvgIpc) is 2.11. The molecule has 0 amide bonds. The van der Waals surface area contributed by atoms with Gasteiger partial charge in [0.2, 0.25) is 6.29 Å². The first-order valence-electron chi connectivity index (χ1n) is 4.16. The molecule has 0 aliphatic carbocycles. The highest BCUT2D eigenvalue weighted by Crippen LogP contribution is 2.14. The van der Waals surface area contributed by atoms with Crippen molar-refractivity contribution in [2.24, 2.45) is 0 Å². The molecule has 0 radical (unpaired) electrons. The van der Waals surface area contributed by atoms with Crippen LogP contribution in [-0.2, 0) is 19.0 Å². The Hall–Kier alpha value is -0.320. The van der Waals surface area contributed by atoms with Crippen LogP contribution in [0.1, 0.15) is 13.8 Å². The number of rotatable bonds is 2. The molecule has 1 aliphatic heterocycles. The summed E-state index contributed by atoms with van der Waals surface area (Å²) >= 11 is 5.27. The molecule has 0 saturated carbocycles. The summed E-state index contributed by atoms with van der Waals surface area (Å²) < 4.78 is 15.5. The second kappa shape index (κ2) is 4.79. The maximum atomic E-state index is 10.8. The Kier molecular flexibility index (Phi) is 3.96. The fourth-order valence-corrected chi connectivity index (χ4v) is 1.06. The molecule has 0 aromatic heterocycles. The Balaban J connectivity index is 2.33. The second-order valence-electron chi connectivity index (χ2n) is 2.93. The van der Waals surface area contributed by atoms with Crippen LogP contribution < -0.4 is 0 Å². The SMILES string of the molecule is C[C@@H]1OC[C@@H](OC(=O)CCl)O[C@@H]1C. The molecule has 5 heteroatoms. The topological polar surface area (TPSA) is 44.8 Å². The largest absolute Gasteiger partial charge is 0.432 e. The fraction of sp³-hybridized carbons (Fsp3) is 0.875. The van der Waals surface area contributed by atoms with Crippen LogP contribution in [-0.4, -0.2) is 37.0 Å². The van der Waals surface area contributed by atoms with Crippen LogP contribution >= 0.6 is 11.6 Å². The number of hydrogen-bond donors (Lipinski definition) is 0. The van der Waals surface area contributed by atoms with Crippen molar-refractivity contribution in [1.82, 2.24) is 0 Å². The molecule has 1 heterocycles. The number of alkyl halides is 1. The predicted octanol–water partition coefficient (Wildman–Crippen LogP) is 0.918. The first kappa shape index (κ1) is 10.8. The quantitative estimate of drug-likeness (QED) is 0.500. The smallest absolute Gasteiger partial charge is 0.323 e. The lowest BCUT2D eigenvalue weighted by molar-refractivity contribution is -0.251. The maximum Gasteiger partial charge on any atom is 0.323 e. The summed E-state index contributed by atoms with van der Waals surface area (Å²) in [5.41, 5.74) is 0. The van der Waals surface area contributed by atoms with Gasteiger partial charge in [0.25, 0.3) is 0 Å². The molecule has 4 nitrogen and oxygen atoms in total. The van der Waals surface area contributed by atoms with Crippen LogP contribution in [0.5, 0.6) is 0 Å². The molecule has 1 fully saturated rings. The van der Waals surface area contributed by atoms with Gasteiger partial charge in [-0.15, -0.1) is 11.6 Å². The van der Waals surface area contributed by atoms with Crippen molar-refractivity contribution >= 4 is 17.6 Å². The zero-order valence-corrected chi connectivity index (χ0v) is 8.41. The van der Waals surface area contributed by atoms with Crippen molar-refractivity contribution in [3.8, 4) is 0 Å². The van der Waals surface area contributed by atoms with Gasteiger partial charge in [-0.2, -0.15) is 0 Å². The van der Waals surface area contributed by atoms with Gasteiger partial charge in [0.05, 0.1) is 12.2 Å². The Morgan fingerprint density at radius 3 is 2.77 bits per heavy atom. The highest BCUT2D eigenvalue weighted by atomic mass is 35.5. The van der Waals surface area contributed by atoms with E-state index >= 15 is 0 Å². The van der Waals surface area contributed by atoms with E-state index in [9.17, 15) is 4.79 Å². The molecule has 1 aliphatic rings. The molecule has 0 bridgehead atoms. The molecule has 0 unspecified atom stereocenters. The molecule has 0 spiro atoms. The zero-order valence-electron chi connectivity index (χ0n) is 7.66. The number of hydrogen-bond acceptors (Lipinski definition) is 4. The summed E-state index contributed by atoms with van der Waals surface area (Å²) in [5, 5.41) is 0. The Morgan fingerprint density at radius 2 is 2.23 bits per heavy atom. The van der Waals surface area contributed by atoms with E-state index in [0.717, 1.165) is 0 Å². The third kappa shape index (κ3) is 3.14. The Bertz CT molecular complexity index is 185. The molecular weight excluding hydrogens is 196 g/mol. The van der Waals surface area contributed by atoms with Crippen molar-refractivity contribution < 1.29 is 19.0 Å². The van der Waals surface area contributed by atoms with Gasteiger partial charge in [-0.1, -0.05) is 0 Å². The molecule has 0 aromatic carbocycles. The average molecular weight is 209 g/mol. The van der Waals surface area contributed by atoms with E-state index in [2.05, 4.69) is 0 Å². The fourth-order valence-electron chi connectivity index (χ4n) is 0.995. The molecular formula is C8H13ClO4. The molecule has 0 N–H and O–H groups in total. The van der Waals surface area contributed by atoms with Gasteiger partial charge in [0.1, 0.15) is 12.5 Å². The third-order valence-corrected chi connectivity index (χ3v) is 2.11. The van der Waals surface area contributed by atoms with Crippen molar-refractivity contribution in [3.63, 3.8) is 0 Å². The first-order chi connectivity index (χ1) is 6.13. The van der Waals surface area contributed by atoms with Crippen molar-refractivity contribution in [2.45, 2.75) is 32.3 Å². The van der Waals surface area contributed by atoms with E-state index in [4.69, 9.17) is 25.8 Å². The molecule has 13 heavy (non-hydrogen) atoms. The molecule has 1 rings (SSSR count). The summed E-state index contributed by atoms with van der Waals surface area (Å²) in [6.07, 6.45) is -0.648. The molecule has 3 atom stereocenters. The summed E-state index contributed by atoms with van der Waals surface area (Å²) in [6.45, 7) is 4.05. The van der Waals surface area contributed by atoms with Crippen LogP contribution in [0.15, 0.2) is 0 Å². The first-order valence-corrected chi connectivity index (χ1v) is 4.69. The van der Waals surface area contributed by atoms with Crippen LogP contribution in [0.2, 0.25) is 0 Å². The predicted molar refractivity (Wildman–Crippen MR) is 46.6 cm³/mol. The summed E-state index contributed by atoms with van der Waals surface area (Å²) in [6, 6.07) is 0. The lowest BCUT2D eigenvalue weighted by atomic mass is 10.2. The van der Waals surface area contributed by atoms with Crippen LogP contribution in [0.25, 0.3) is 0 Å². The lowest BCUT2D eigenvalue weighted by Crippen LogP contribution is -2.42. The number of halogens is 1. The summed E-state index contributed by atoms with van der Waals surface area (Å²) in [5.74, 6) is -0.652. The van der Waals surface area contributed by atoms with Crippen molar-refractivity contribution in [2.75, 3.05) is 12.5 Å². The van der Waals surface area contributed by atoms with Gasteiger partial charge in [-0.25, -0.2) is 0 Å². The van der Waals surface area contributed by atoms with Gasteiger partial charge < -0.3 is 14.2 Å². The molecule has 76 valence electrons.